The quantitative estimate of drug-likeness (QED) is 0.338. The Balaban J connectivity index is 2.31. The highest BCUT2D eigenvalue weighted by atomic mass is 16.5. The predicted molar refractivity (Wildman–Crippen MR) is 75.7 cm³/mol. The van der Waals surface area contributed by atoms with E-state index in [9.17, 15) is 20.1 Å². The molecule has 0 bridgehead atoms. The first-order valence-corrected chi connectivity index (χ1v) is 6.73. The van der Waals surface area contributed by atoms with E-state index in [0.29, 0.717) is 0 Å². The van der Waals surface area contributed by atoms with Crippen LogP contribution >= 0.6 is 0 Å². The average molecular weight is 315 g/mol. The van der Waals surface area contributed by atoms with Crippen molar-refractivity contribution < 1.29 is 35.1 Å². The number of aliphatic hydroxyl groups excluding tert-OH is 5. The Bertz CT molecular complexity index is 442. The lowest BCUT2D eigenvalue weighted by molar-refractivity contribution is -0.113. The Morgan fingerprint density at radius 3 is 2.23 bits per heavy atom. The summed E-state index contributed by atoms with van der Waals surface area (Å²) in [6.07, 6.45) is -7.37. The van der Waals surface area contributed by atoms with Gasteiger partial charge in [-0.2, -0.15) is 0 Å². The SMILES string of the molecule is O=C(NCC(O)C(O)C(O)C(O)CO)OCc1ccccc1. The molecule has 6 N–H and O–H groups in total. The largest absolute Gasteiger partial charge is 0.445 e. The van der Waals surface area contributed by atoms with Gasteiger partial charge in [0.05, 0.1) is 12.7 Å². The van der Waals surface area contributed by atoms with Gasteiger partial charge in [0.1, 0.15) is 24.9 Å². The third-order valence-corrected chi connectivity index (χ3v) is 2.99. The van der Waals surface area contributed by atoms with E-state index in [1.54, 1.807) is 24.3 Å². The summed E-state index contributed by atoms with van der Waals surface area (Å²) in [7, 11) is 0. The third-order valence-electron chi connectivity index (χ3n) is 2.99. The van der Waals surface area contributed by atoms with Crippen LogP contribution in [-0.2, 0) is 11.3 Å². The number of amides is 1. The van der Waals surface area contributed by atoms with Crippen LogP contribution in [0.15, 0.2) is 30.3 Å². The van der Waals surface area contributed by atoms with Crippen molar-refractivity contribution in [2.75, 3.05) is 13.2 Å². The summed E-state index contributed by atoms with van der Waals surface area (Å²) >= 11 is 0. The van der Waals surface area contributed by atoms with Gasteiger partial charge in [-0.1, -0.05) is 30.3 Å². The third kappa shape index (κ3) is 5.96. The van der Waals surface area contributed by atoms with Crippen LogP contribution in [0.2, 0.25) is 0 Å². The van der Waals surface area contributed by atoms with Gasteiger partial charge in [0, 0.05) is 6.54 Å². The molecular formula is C14H21NO7. The summed E-state index contributed by atoms with van der Waals surface area (Å²) in [6, 6.07) is 8.97. The lowest BCUT2D eigenvalue weighted by Gasteiger charge is -2.25. The molecule has 0 aliphatic carbocycles. The van der Waals surface area contributed by atoms with Crippen LogP contribution in [0.3, 0.4) is 0 Å². The van der Waals surface area contributed by atoms with E-state index >= 15 is 0 Å². The van der Waals surface area contributed by atoms with Gasteiger partial charge in [0.15, 0.2) is 0 Å². The molecule has 0 aliphatic heterocycles. The average Bonchev–Trinajstić information content (AvgIpc) is 2.56. The molecule has 124 valence electrons. The molecule has 0 spiro atoms. The number of aliphatic hydroxyl groups is 5. The van der Waals surface area contributed by atoms with Crippen LogP contribution in [0.1, 0.15) is 5.56 Å². The molecule has 0 fully saturated rings. The summed E-state index contributed by atoms with van der Waals surface area (Å²) in [4.78, 5) is 11.4. The summed E-state index contributed by atoms with van der Waals surface area (Å²) in [6.45, 7) is -1.10. The lowest BCUT2D eigenvalue weighted by Crippen LogP contribution is -2.49. The van der Waals surface area contributed by atoms with Gasteiger partial charge in [0.25, 0.3) is 0 Å². The molecule has 22 heavy (non-hydrogen) atoms. The van der Waals surface area contributed by atoms with Gasteiger partial charge in [-0.15, -0.1) is 0 Å². The van der Waals surface area contributed by atoms with E-state index in [4.69, 9.17) is 14.9 Å². The van der Waals surface area contributed by atoms with Crippen molar-refractivity contribution >= 4 is 6.09 Å². The lowest BCUT2D eigenvalue weighted by atomic mass is 10.0. The van der Waals surface area contributed by atoms with E-state index in [-0.39, 0.29) is 13.2 Å². The number of rotatable bonds is 8. The predicted octanol–water partition coefficient (Wildman–Crippen LogP) is -1.65. The molecule has 0 saturated heterocycles. The van der Waals surface area contributed by atoms with E-state index in [2.05, 4.69) is 5.32 Å². The second kappa shape index (κ2) is 9.34. The number of carbonyl (C=O) groups is 1. The van der Waals surface area contributed by atoms with E-state index in [0.717, 1.165) is 5.56 Å². The molecule has 0 heterocycles. The minimum Gasteiger partial charge on any atom is -0.445 e. The van der Waals surface area contributed by atoms with Gasteiger partial charge in [-0.05, 0) is 5.56 Å². The number of hydrogen-bond donors (Lipinski definition) is 6. The number of hydrogen-bond acceptors (Lipinski definition) is 7. The van der Waals surface area contributed by atoms with Crippen LogP contribution in [0.25, 0.3) is 0 Å². The maximum atomic E-state index is 11.4. The van der Waals surface area contributed by atoms with Gasteiger partial charge < -0.3 is 35.6 Å². The minimum absolute atomic E-state index is 0.0528. The van der Waals surface area contributed by atoms with Crippen LogP contribution < -0.4 is 5.32 Å². The highest BCUT2D eigenvalue weighted by Crippen LogP contribution is 2.05. The van der Waals surface area contributed by atoms with Gasteiger partial charge in [-0.3, -0.25) is 0 Å². The van der Waals surface area contributed by atoms with Crippen molar-refractivity contribution in [2.45, 2.75) is 31.0 Å². The molecule has 0 aromatic heterocycles. The monoisotopic (exact) mass is 315 g/mol. The number of nitrogens with one attached hydrogen (secondary N) is 1. The maximum absolute atomic E-state index is 11.4. The number of alkyl carbamates (subject to hydrolysis) is 1. The van der Waals surface area contributed by atoms with Crippen molar-refractivity contribution in [3.63, 3.8) is 0 Å². The zero-order valence-electron chi connectivity index (χ0n) is 11.9. The summed E-state index contributed by atoms with van der Waals surface area (Å²) in [5.74, 6) is 0. The van der Waals surface area contributed by atoms with Crippen LogP contribution in [0.4, 0.5) is 4.79 Å². The number of benzene rings is 1. The fourth-order valence-electron chi connectivity index (χ4n) is 1.65. The van der Waals surface area contributed by atoms with E-state index in [1.807, 2.05) is 6.07 Å². The Morgan fingerprint density at radius 2 is 1.64 bits per heavy atom. The molecule has 8 nitrogen and oxygen atoms in total. The number of ether oxygens (including phenoxy) is 1. The molecule has 8 heteroatoms. The fraction of sp³-hybridized carbons (Fsp3) is 0.500. The first-order chi connectivity index (χ1) is 10.5. The summed E-state index contributed by atoms with van der Waals surface area (Å²) in [5.41, 5.74) is 0.791. The zero-order valence-corrected chi connectivity index (χ0v) is 11.9. The molecule has 1 rings (SSSR count). The van der Waals surface area contributed by atoms with Gasteiger partial charge in [0.2, 0.25) is 0 Å². The second-order valence-electron chi connectivity index (χ2n) is 4.74. The highest BCUT2D eigenvalue weighted by Gasteiger charge is 2.30. The van der Waals surface area contributed by atoms with Crippen LogP contribution in [-0.4, -0.2) is 69.2 Å². The molecule has 1 aromatic carbocycles. The Labute approximate surface area is 127 Å². The van der Waals surface area contributed by atoms with Crippen molar-refractivity contribution in [3.8, 4) is 0 Å². The van der Waals surface area contributed by atoms with Gasteiger partial charge in [-0.25, -0.2) is 4.79 Å². The molecule has 1 aromatic rings. The highest BCUT2D eigenvalue weighted by molar-refractivity contribution is 5.67. The Morgan fingerprint density at radius 1 is 1.05 bits per heavy atom. The van der Waals surface area contributed by atoms with Gasteiger partial charge >= 0.3 is 6.09 Å². The standard InChI is InChI=1S/C14H21NO7/c16-7-11(18)13(20)12(19)10(17)6-15-14(21)22-8-9-4-2-1-3-5-9/h1-5,10-13,16-20H,6-8H2,(H,15,21). The topological polar surface area (TPSA) is 139 Å². The summed E-state index contributed by atoms with van der Waals surface area (Å²) < 4.78 is 4.89. The zero-order chi connectivity index (χ0) is 16.5. The van der Waals surface area contributed by atoms with Crippen molar-refractivity contribution in [2.24, 2.45) is 0 Å². The van der Waals surface area contributed by atoms with Crippen molar-refractivity contribution in [1.29, 1.82) is 0 Å². The first-order valence-electron chi connectivity index (χ1n) is 6.73. The summed E-state index contributed by atoms with van der Waals surface area (Å²) in [5, 5.41) is 48.6. The normalized spacial score (nSPS) is 16.4. The fourth-order valence-corrected chi connectivity index (χ4v) is 1.65. The van der Waals surface area contributed by atoms with Crippen LogP contribution in [0.5, 0.6) is 0 Å². The molecular weight excluding hydrogens is 294 g/mol. The Kier molecular flexibility index (Phi) is 7.78. The molecule has 4 unspecified atom stereocenters. The van der Waals surface area contributed by atoms with Crippen LogP contribution in [0, 0.1) is 0 Å². The molecule has 0 radical (unpaired) electrons. The number of carbonyl (C=O) groups excluding carboxylic acids is 1. The minimum atomic E-state index is -1.73. The molecule has 0 saturated carbocycles. The molecule has 4 atom stereocenters. The molecule has 1 amide bonds. The second-order valence-corrected chi connectivity index (χ2v) is 4.74. The van der Waals surface area contributed by atoms with Crippen molar-refractivity contribution in [1.82, 2.24) is 5.32 Å². The smallest absolute Gasteiger partial charge is 0.407 e. The van der Waals surface area contributed by atoms with E-state index < -0.39 is 37.1 Å². The van der Waals surface area contributed by atoms with Crippen molar-refractivity contribution in [3.05, 3.63) is 35.9 Å². The maximum Gasteiger partial charge on any atom is 0.407 e. The van der Waals surface area contributed by atoms with E-state index in [1.165, 1.54) is 0 Å². The first kappa shape index (κ1) is 18.3. The molecule has 0 aliphatic rings. The Hall–Kier alpha value is -1.71.